The zero-order valence-electron chi connectivity index (χ0n) is 12.0. The molecule has 2 aromatic rings. The number of unbranched alkanes of at least 4 members (excludes halogenated alkanes) is 1. The maximum atomic E-state index is 5.65. The van der Waals surface area contributed by atoms with Crippen LogP contribution >= 0.6 is 11.3 Å². The Kier molecular flexibility index (Phi) is 6.54. The lowest BCUT2D eigenvalue weighted by Crippen LogP contribution is -2.16. The smallest absolute Gasteiger partial charge is 0.119 e. The summed E-state index contributed by atoms with van der Waals surface area (Å²) in [5.41, 5.74) is 1.28. The molecule has 0 atom stereocenters. The Morgan fingerprint density at radius 1 is 1.25 bits per heavy atom. The number of hydrogen-bond donors (Lipinski definition) is 1. The van der Waals surface area contributed by atoms with Crippen LogP contribution < -0.4 is 10.1 Å². The summed E-state index contributed by atoms with van der Waals surface area (Å²) in [6.45, 7) is 4.83. The molecule has 0 fully saturated rings. The van der Waals surface area contributed by atoms with Gasteiger partial charge in [0.1, 0.15) is 5.75 Å². The topological polar surface area (TPSA) is 34.1 Å². The second-order valence-corrected chi connectivity index (χ2v) is 5.68. The molecule has 0 aliphatic carbocycles. The van der Waals surface area contributed by atoms with Crippen molar-refractivity contribution in [1.82, 2.24) is 10.3 Å². The third-order valence-electron chi connectivity index (χ3n) is 3.02. The van der Waals surface area contributed by atoms with Gasteiger partial charge in [0.15, 0.2) is 0 Å². The van der Waals surface area contributed by atoms with E-state index in [9.17, 15) is 0 Å². The largest absolute Gasteiger partial charge is 0.494 e. The predicted octanol–water partition coefficient (Wildman–Crippen LogP) is 3.65. The van der Waals surface area contributed by atoms with Crippen molar-refractivity contribution in [2.75, 3.05) is 13.2 Å². The van der Waals surface area contributed by atoms with Gasteiger partial charge in [-0.15, -0.1) is 11.3 Å². The van der Waals surface area contributed by atoms with Crippen LogP contribution in [0.5, 0.6) is 5.75 Å². The fourth-order valence-corrected chi connectivity index (χ4v) is 2.46. The maximum absolute atomic E-state index is 5.65. The molecule has 0 saturated heterocycles. The van der Waals surface area contributed by atoms with Crippen LogP contribution in [0.15, 0.2) is 35.8 Å². The molecule has 1 aromatic heterocycles. The molecule has 0 bridgehead atoms. The van der Waals surface area contributed by atoms with E-state index in [1.165, 1.54) is 17.0 Å². The van der Waals surface area contributed by atoms with E-state index < -0.39 is 0 Å². The minimum absolute atomic E-state index is 0.807. The summed E-state index contributed by atoms with van der Waals surface area (Å²) in [7, 11) is 0. The van der Waals surface area contributed by atoms with E-state index in [0.717, 1.165) is 38.3 Å². The molecular weight excluding hydrogens is 268 g/mol. The zero-order chi connectivity index (χ0) is 14.0. The summed E-state index contributed by atoms with van der Waals surface area (Å²) in [5.74, 6) is 0.963. The van der Waals surface area contributed by atoms with E-state index in [0.29, 0.717) is 0 Å². The van der Waals surface area contributed by atoms with Gasteiger partial charge in [-0.1, -0.05) is 25.5 Å². The molecular formula is C16H22N2OS. The molecule has 0 aliphatic rings. The number of hydrogen-bond acceptors (Lipinski definition) is 4. The van der Waals surface area contributed by atoms with Crippen LogP contribution in [0, 0.1) is 0 Å². The van der Waals surface area contributed by atoms with E-state index >= 15 is 0 Å². The van der Waals surface area contributed by atoms with Gasteiger partial charge in [-0.3, -0.25) is 0 Å². The van der Waals surface area contributed by atoms with Gasteiger partial charge in [0, 0.05) is 31.1 Å². The Morgan fingerprint density at radius 3 is 2.80 bits per heavy atom. The Hall–Kier alpha value is -1.39. The number of nitrogens with one attached hydrogen (secondary N) is 1. The molecule has 0 radical (unpaired) electrons. The van der Waals surface area contributed by atoms with E-state index in [1.54, 1.807) is 11.3 Å². The standard InChI is InChI=1S/C16H22N2OS/c1-2-3-11-19-15-6-4-14(5-7-15)13-17-9-8-16-18-10-12-20-16/h4-7,10,12,17H,2-3,8-9,11,13H2,1H3. The van der Waals surface area contributed by atoms with Crippen molar-refractivity contribution < 1.29 is 4.74 Å². The van der Waals surface area contributed by atoms with Gasteiger partial charge in [-0.2, -0.15) is 0 Å². The van der Waals surface area contributed by atoms with Crippen molar-refractivity contribution in [3.05, 3.63) is 46.4 Å². The van der Waals surface area contributed by atoms with Gasteiger partial charge in [-0.25, -0.2) is 4.98 Å². The lowest BCUT2D eigenvalue weighted by Gasteiger charge is -2.07. The fraction of sp³-hybridized carbons (Fsp3) is 0.438. The highest BCUT2D eigenvalue weighted by Gasteiger charge is 1.97. The Bertz CT molecular complexity index is 468. The zero-order valence-corrected chi connectivity index (χ0v) is 12.8. The third kappa shape index (κ3) is 5.31. The molecule has 0 amide bonds. The molecule has 2 rings (SSSR count). The first kappa shape index (κ1) is 15.0. The van der Waals surface area contributed by atoms with Crippen molar-refractivity contribution in [2.24, 2.45) is 0 Å². The highest BCUT2D eigenvalue weighted by molar-refractivity contribution is 7.09. The highest BCUT2D eigenvalue weighted by atomic mass is 32.1. The van der Waals surface area contributed by atoms with Gasteiger partial charge in [0.05, 0.1) is 11.6 Å². The number of aromatic nitrogens is 1. The first-order valence-corrected chi connectivity index (χ1v) is 8.07. The van der Waals surface area contributed by atoms with Crippen molar-refractivity contribution in [1.29, 1.82) is 0 Å². The summed E-state index contributed by atoms with van der Waals surface area (Å²) in [4.78, 5) is 4.27. The van der Waals surface area contributed by atoms with Crippen LogP contribution in [0.25, 0.3) is 0 Å². The van der Waals surface area contributed by atoms with Crippen LogP contribution in [-0.2, 0) is 13.0 Å². The highest BCUT2D eigenvalue weighted by Crippen LogP contribution is 2.12. The van der Waals surface area contributed by atoms with Gasteiger partial charge in [0.2, 0.25) is 0 Å². The molecule has 3 nitrogen and oxygen atoms in total. The van der Waals surface area contributed by atoms with Crippen LogP contribution in [0.4, 0.5) is 0 Å². The predicted molar refractivity (Wildman–Crippen MR) is 84.4 cm³/mol. The Balaban J connectivity index is 1.65. The first-order valence-electron chi connectivity index (χ1n) is 7.19. The number of benzene rings is 1. The van der Waals surface area contributed by atoms with Crippen LogP contribution in [0.3, 0.4) is 0 Å². The summed E-state index contributed by atoms with van der Waals surface area (Å²) >= 11 is 1.71. The lowest BCUT2D eigenvalue weighted by molar-refractivity contribution is 0.309. The summed E-state index contributed by atoms with van der Waals surface area (Å²) in [6.07, 6.45) is 5.13. The molecule has 0 spiro atoms. The van der Waals surface area contributed by atoms with E-state index in [-0.39, 0.29) is 0 Å². The van der Waals surface area contributed by atoms with Crippen LogP contribution in [-0.4, -0.2) is 18.1 Å². The number of thiazole rings is 1. The molecule has 0 unspecified atom stereocenters. The molecule has 1 heterocycles. The van der Waals surface area contributed by atoms with E-state index in [1.807, 2.05) is 23.7 Å². The third-order valence-corrected chi connectivity index (χ3v) is 3.86. The fourth-order valence-electron chi connectivity index (χ4n) is 1.84. The molecule has 1 aromatic carbocycles. The molecule has 0 aliphatic heterocycles. The molecule has 20 heavy (non-hydrogen) atoms. The molecule has 108 valence electrons. The summed E-state index contributed by atoms with van der Waals surface area (Å²) in [6, 6.07) is 8.34. The summed E-state index contributed by atoms with van der Waals surface area (Å²) < 4.78 is 5.65. The van der Waals surface area contributed by atoms with Gasteiger partial charge in [-0.05, 0) is 24.1 Å². The molecule has 1 N–H and O–H groups in total. The SMILES string of the molecule is CCCCOc1ccc(CNCCc2nccs2)cc1. The average molecular weight is 290 g/mol. The number of nitrogens with zero attached hydrogens (tertiary/aromatic N) is 1. The van der Waals surface area contributed by atoms with Crippen LogP contribution in [0.1, 0.15) is 30.3 Å². The normalized spacial score (nSPS) is 10.7. The second-order valence-electron chi connectivity index (χ2n) is 4.70. The van der Waals surface area contributed by atoms with E-state index in [4.69, 9.17) is 4.74 Å². The second kappa shape index (κ2) is 8.72. The maximum Gasteiger partial charge on any atom is 0.119 e. The monoisotopic (exact) mass is 290 g/mol. The first-order chi connectivity index (χ1) is 9.88. The number of ether oxygens (including phenoxy) is 1. The van der Waals surface area contributed by atoms with Crippen molar-refractivity contribution in [2.45, 2.75) is 32.7 Å². The van der Waals surface area contributed by atoms with Crippen LogP contribution in [0.2, 0.25) is 0 Å². The van der Waals surface area contributed by atoms with E-state index in [2.05, 4.69) is 29.4 Å². The Labute approximate surface area is 125 Å². The lowest BCUT2D eigenvalue weighted by atomic mass is 10.2. The quantitative estimate of drug-likeness (QED) is 0.716. The van der Waals surface area contributed by atoms with Gasteiger partial charge in [0.25, 0.3) is 0 Å². The molecule has 0 saturated carbocycles. The van der Waals surface area contributed by atoms with Gasteiger partial charge >= 0.3 is 0 Å². The molecule has 4 heteroatoms. The van der Waals surface area contributed by atoms with Crippen molar-refractivity contribution in [3.8, 4) is 5.75 Å². The van der Waals surface area contributed by atoms with Gasteiger partial charge < -0.3 is 10.1 Å². The summed E-state index contributed by atoms with van der Waals surface area (Å²) in [5, 5.41) is 6.65. The Morgan fingerprint density at radius 2 is 2.10 bits per heavy atom. The minimum atomic E-state index is 0.807. The van der Waals surface area contributed by atoms with Crippen molar-refractivity contribution in [3.63, 3.8) is 0 Å². The average Bonchev–Trinajstić information content (AvgIpc) is 2.99. The van der Waals surface area contributed by atoms with Crippen molar-refractivity contribution >= 4 is 11.3 Å². The number of rotatable bonds is 9. The minimum Gasteiger partial charge on any atom is -0.494 e.